The van der Waals surface area contributed by atoms with Crippen molar-refractivity contribution in [3.63, 3.8) is 0 Å². The molecule has 2 N–H and O–H groups in total. The molecule has 3 nitrogen and oxygen atoms in total. The first kappa shape index (κ1) is 7.98. The van der Waals surface area contributed by atoms with E-state index in [9.17, 15) is 0 Å². The van der Waals surface area contributed by atoms with Crippen LogP contribution in [-0.4, -0.2) is 17.2 Å². The van der Waals surface area contributed by atoms with Crippen LogP contribution in [0, 0.1) is 5.41 Å². The van der Waals surface area contributed by atoms with Gasteiger partial charge in [-0.2, -0.15) is 0 Å². The molecule has 1 aliphatic heterocycles. The Kier molecular flexibility index (Phi) is 1.59. The van der Waals surface area contributed by atoms with E-state index in [0.29, 0.717) is 5.84 Å². The van der Waals surface area contributed by atoms with Gasteiger partial charge in [-0.15, -0.1) is 0 Å². The largest absolute Gasteiger partial charge is 0.379 e. The Morgan fingerprint density at radius 2 is 2.09 bits per heavy atom. The molecule has 11 heavy (non-hydrogen) atoms. The molecule has 0 aromatic carbocycles. The average Bonchev–Trinajstić information content (AvgIpc) is 2.08. The summed E-state index contributed by atoms with van der Waals surface area (Å²) in [4.78, 5) is 0. The third-order valence-corrected chi connectivity index (χ3v) is 1.57. The van der Waals surface area contributed by atoms with Crippen LogP contribution in [0.3, 0.4) is 0 Å². The van der Waals surface area contributed by atoms with Crippen molar-refractivity contribution < 1.29 is 4.68 Å². The van der Waals surface area contributed by atoms with Gasteiger partial charge < -0.3 is 5.73 Å². The van der Waals surface area contributed by atoms with Crippen molar-refractivity contribution >= 4 is 12.6 Å². The number of allylic oxidation sites excluding steroid dienone is 1. The summed E-state index contributed by atoms with van der Waals surface area (Å²) in [5, 5.41) is 3.96. The Morgan fingerprint density at radius 1 is 1.55 bits per heavy atom. The van der Waals surface area contributed by atoms with E-state index >= 15 is 0 Å². The summed E-state index contributed by atoms with van der Waals surface area (Å²) in [5.41, 5.74) is 6.62. The van der Waals surface area contributed by atoms with Crippen LogP contribution in [0.2, 0.25) is 0 Å². The van der Waals surface area contributed by atoms with Gasteiger partial charge in [0.25, 0.3) is 0 Å². The average molecular weight is 152 g/mol. The normalized spacial score (nSPS) is 18.3. The van der Waals surface area contributed by atoms with Crippen molar-refractivity contribution in [3.8, 4) is 0 Å². The fourth-order valence-corrected chi connectivity index (χ4v) is 1.04. The Balaban J connectivity index is 2.97. The minimum atomic E-state index is 0.0619. The quantitative estimate of drug-likeness (QED) is 0.515. The molecule has 0 radical (unpaired) electrons. The van der Waals surface area contributed by atoms with E-state index < -0.39 is 0 Å². The number of amidine groups is 1. The molecule has 3 heteroatoms. The lowest BCUT2D eigenvalue weighted by molar-refractivity contribution is -0.481. The molecule has 0 aromatic rings. The maximum absolute atomic E-state index is 5.50. The van der Waals surface area contributed by atoms with Gasteiger partial charge in [0, 0.05) is 10.5 Å². The van der Waals surface area contributed by atoms with Crippen LogP contribution in [0.1, 0.15) is 20.8 Å². The molecule has 0 saturated heterocycles. The zero-order valence-corrected chi connectivity index (χ0v) is 7.26. The molecule has 0 amide bonds. The van der Waals surface area contributed by atoms with Crippen LogP contribution >= 0.6 is 0 Å². The first-order chi connectivity index (χ1) is 4.91. The molecule has 60 valence electrons. The maximum atomic E-state index is 5.50. The van der Waals surface area contributed by atoms with Crippen LogP contribution in [0.4, 0.5) is 0 Å². The number of hydrazone groups is 1. The predicted octanol–water partition coefficient (Wildman–Crippen LogP) is 0.915. The summed E-state index contributed by atoms with van der Waals surface area (Å²) in [5.74, 6) is 0.532. The van der Waals surface area contributed by atoms with E-state index in [1.165, 1.54) is 0 Å². The number of nitrogens with two attached hydrogens (primary N) is 1. The fourth-order valence-electron chi connectivity index (χ4n) is 1.04. The number of hydrogen-bond acceptors (Lipinski definition) is 2. The van der Waals surface area contributed by atoms with E-state index in [1.54, 1.807) is 4.68 Å². The molecule has 0 bridgehead atoms. The van der Waals surface area contributed by atoms with Gasteiger partial charge in [-0.25, -0.2) is 0 Å². The van der Waals surface area contributed by atoms with E-state index in [1.807, 2.05) is 6.08 Å². The van der Waals surface area contributed by atoms with Crippen molar-refractivity contribution in [2.75, 3.05) is 0 Å². The van der Waals surface area contributed by atoms with E-state index in [4.69, 9.17) is 5.73 Å². The van der Waals surface area contributed by atoms with Crippen molar-refractivity contribution in [1.82, 2.24) is 0 Å². The van der Waals surface area contributed by atoms with Crippen molar-refractivity contribution in [1.29, 1.82) is 0 Å². The number of nitrogens with zero attached hydrogens (tertiary/aromatic N) is 2. The molecule has 0 fully saturated rings. The first-order valence-corrected chi connectivity index (χ1v) is 3.58. The molecular weight excluding hydrogens is 138 g/mol. The Hall–Kier alpha value is -1.12. The van der Waals surface area contributed by atoms with E-state index in [0.717, 1.165) is 5.70 Å². The summed E-state index contributed by atoms with van der Waals surface area (Å²) in [7, 11) is 0. The summed E-state index contributed by atoms with van der Waals surface area (Å²) < 4.78 is 1.58. The highest BCUT2D eigenvalue weighted by molar-refractivity contribution is 5.92. The maximum Gasteiger partial charge on any atom is 0.223 e. The molecule has 1 aliphatic rings. The van der Waals surface area contributed by atoms with Crippen molar-refractivity contribution in [2.24, 2.45) is 16.3 Å². The van der Waals surface area contributed by atoms with Crippen LogP contribution in [0.25, 0.3) is 0 Å². The highest BCUT2D eigenvalue weighted by Crippen LogP contribution is 2.27. The van der Waals surface area contributed by atoms with Gasteiger partial charge in [0.1, 0.15) is 0 Å². The van der Waals surface area contributed by atoms with Crippen molar-refractivity contribution in [2.45, 2.75) is 20.8 Å². The smallest absolute Gasteiger partial charge is 0.223 e. The lowest BCUT2D eigenvalue weighted by Crippen LogP contribution is -2.15. The van der Waals surface area contributed by atoms with Gasteiger partial charge >= 0.3 is 0 Å². The third-order valence-electron chi connectivity index (χ3n) is 1.57. The van der Waals surface area contributed by atoms with Gasteiger partial charge in [0.2, 0.25) is 5.70 Å². The monoisotopic (exact) mass is 152 g/mol. The Morgan fingerprint density at radius 3 is 2.27 bits per heavy atom. The van der Waals surface area contributed by atoms with Gasteiger partial charge in [0.15, 0.2) is 12.6 Å². The Labute approximate surface area is 66.9 Å². The highest BCUT2D eigenvalue weighted by Gasteiger charge is 2.31. The molecule has 0 aliphatic carbocycles. The van der Waals surface area contributed by atoms with Gasteiger partial charge in [-0.05, 0) is 0 Å². The molecule has 0 aromatic heterocycles. The molecule has 0 unspecified atom stereocenters. The van der Waals surface area contributed by atoms with Crippen LogP contribution in [0.5, 0.6) is 0 Å². The number of hydrogen-bond donors (Lipinski definition) is 1. The van der Waals surface area contributed by atoms with E-state index in [-0.39, 0.29) is 5.41 Å². The first-order valence-electron chi connectivity index (χ1n) is 3.58. The number of rotatable bonds is 0. The van der Waals surface area contributed by atoms with Crippen LogP contribution in [0.15, 0.2) is 16.9 Å². The van der Waals surface area contributed by atoms with Crippen LogP contribution in [-0.2, 0) is 0 Å². The summed E-state index contributed by atoms with van der Waals surface area (Å²) >= 11 is 0. The molecule has 0 atom stereocenters. The summed E-state index contributed by atoms with van der Waals surface area (Å²) in [6.07, 6.45) is 1.85. The zero-order valence-electron chi connectivity index (χ0n) is 7.26. The standard InChI is InChI=1S/C8H14N3/c1-8(2,3)6-5-7(9)10-11(6)4/h5H,4H2,1-3H3,(H2,9,10)/q+1. The lowest BCUT2D eigenvalue weighted by atomic mass is 9.92. The predicted molar refractivity (Wildman–Crippen MR) is 46.5 cm³/mol. The molecule has 0 spiro atoms. The van der Waals surface area contributed by atoms with Crippen molar-refractivity contribution in [3.05, 3.63) is 11.8 Å². The summed E-state index contributed by atoms with van der Waals surface area (Å²) in [6, 6.07) is 0. The highest BCUT2D eigenvalue weighted by atomic mass is 15.4. The minimum absolute atomic E-state index is 0.0619. The second-order valence-electron chi connectivity index (χ2n) is 3.70. The fraction of sp³-hybridized carbons (Fsp3) is 0.500. The Bertz CT molecular complexity index is 253. The third kappa shape index (κ3) is 1.48. The van der Waals surface area contributed by atoms with Gasteiger partial charge in [-0.3, -0.25) is 0 Å². The molecule has 1 rings (SSSR count). The lowest BCUT2D eigenvalue weighted by Gasteiger charge is -2.12. The molecule has 1 heterocycles. The second kappa shape index (κ2) is 2.19. The SMILES string of the molecule is C=[N+]1N=C(N)C=C1C(C)(C)C. The molecule has 0 saturated carbocycles. The van der Waals surface area contributed by atoms with Crippen LogP contribution < -0.4 is 5.73 Å². The second-order valence-corrected chi connectivity index (χ2v) is 3.70. The zero-order chi connectivity index (χ0) is 8.65. The topological polar surface area (TPSA) is 41.4 Å². The van der Waals surface area contributed by atoms with Gasteiger partial charge in [0.05, 0.1) is 6.08 Å². The van der Waals surface area contributed by atoms with Gasteiger partial charge in [-0.1, -0.05) is 25.5 Å². The summed E-state index contributed by atoms with van der Waals surface area (Å²) in [6.45, 7) is 10.0. The minimum Gasteiger partial charge on any atom is -0.379 e. The molecular formula is C8H14N3+. The van der Waals surface area contributed by atoms with E-state index in [2.05, 4.69) is 32.6 Å².